The Morgan fingerprint density at radius 2 is 1.79 bits per heavy atom. The molecule has 0 spiro atoms. The summed E-state index contributed by atoms with van der Waals surface area (Å²) in [4.78, 5) is 2.42. The fraction of sp³-hybridized carbons (Fsp3) is 0.909. The standard InChI is InChI=1S/C11H23NOS/c1-11(2,3)5-6-12-7-9-14(4,13)10-8-12/h4-10H2,1-3H3. The maximum Gasteiger partial charge on any atom is 0.0287 e. The van der Waals surface area contributed by atoms with E-state index in [-0.39, 0.29) is 0 Å². The molecule has 0 unspecified atom stereocenters. The zero-order valence-corrected chi connectivity index (χ0v) is 10.5. The highest BCUT2D eigenvalue weighted by atomic mass is 32.2. The third kappa shape index (κ3) is 4.47. The summed E-state index contributed by atoms with van der Waals surface area (Å²) < 4.78 is 11.6. The van der Waals surface area contributed by atoms with Gasteiger partial charge in [-0.15, -0.1) is 0 Å². The van der Waals surface area contributed by atoms with Gasteiger partial charge in [0.2, 0.25) is 0 Å². The third-order valence-corrected chi connectivity index (χ3v) is 4.59. The van der Waals surface area contributed by atoms with Gasteiger partial charge in [-0.1, -0.05) is 20.8 Å². The molecule has 0 N–H and O–H groups in total. The van der Waals surface area contributed by atoms with Crippen molar-refractivity contribution in [2.45, 2.75) is 27.2 Å². The Kier molecular flexibility index (Phi) is 3.64. The average Bonchev–Trinajstić information content (AvgIpc) is 2.01. The van der Waals surface area contributed by atoms with E-state index in [1.54, 1.807) is 0 Å². The first kappa shape index (κ1) is 12.1. The molecule has 0 aromatic carbocycles. The van der Waals surface area contributed by atoms with E-state index in [9.17, 15) is 4.21 Å². The van der Waals surface area contributed by atoms with Crippen molar-refractivity contribution in [1.82, 2.24) is 4.90 Å². The minimum Gasteiger partial charge on any atom is -0.302 e. The van der Waals surface area contributed by atoms with Crippen molar-refractivity contribution in [2.24, 2.45) is 5.41 Å². The Morgan fingerprint density at radius 3 is 2.21 bits per heavy atom. The molecule has 1 heterocycles. The van der Waals surface area contributed by atoms with Gasteiger partial charge in [-0.3, -0.25) is 4.21 Å². The van der Waals surface area contributed by atoms with Crippen molar-refractivity contribution in [2.75, 3.05) is 31.1 Å². The van der Waals surface area contributed by atoms with Crippen molar-refractivity contribution >= 4 is 15.4 Å². The Balaban J connectivity index is 2.30. The van der Waals surface area contributed by atoms with Crippen LogP contribution in [0.25, 0.3) is 0 Å². The summed E-state index contributed by atoms with van der Waals surface area (Å²) >= 11 is 0. The molecule has 84 valence electrons. The molecule has 0 aliphatic carbocycles. The van der Waals surface area contributed by atoms with Gasteiger partial charge in [-0.25, -0.2) is 0 Å². The Labute approximate surface area is 88.7 Å². The normalized spacial score (nSPS) is 23.6. The van der Waals surface area contributed by atoms with Crippen LogP contribution >= 0.6 is 0 Å². The lowest BCUT2D eigenvalue weighted by Gasteiger charge is -2.31. The molecule has 0 amide bonds. The highest BCUT2D eigenvalue weighted by molar-refractivity contribution is 8.00. The number of hydrogen-bond donors (Lipinski definition) is 0. The van der Waals surface area contributed by atoms with Gasteiger partial charge in [0.05, 0.1) is 0 Å². The predicted octanol–water partition coefficient (Wildman–Crippen LogP) is 1.45. The van der Waals surface area contributed by atoms with Crippen molar-refractivity contribution in [3.63, 3.8) is 0 Å². The quantitative estimate of drug-likeness (QED) is 0.653. The van der Waals surface area contributed by atoms with E-state index in [0.29, 0.717) is 5.41 Å². The second kappa shape index (κ2) is 4.23. The zero-order chi connectivity index (χ0) is 10.8. The molecule has 0 saturated carbocycles. The number of nitrogens with zero attached hydrogens (tertiary/aromatic N) is 1. The Hall–Kier alpha value is -0.0200. The summed E-state index contributed by atoms with van der Waals surface area (Å²) in [5.41, 5.74) is 0.406. The lowest BCUT2D eigenvalue weighted by atomic mass is 9.92. The second-order valence-electron chi connectivity index (χ2n) is 5.53. The molecule has 3 heteroatoms. The summed E-state index contributed by atoms with van der Waals surface area (Å²) in [7, 11) is -1.71. The molecule has 0 bridgehead atoms. The lowest BCUT2D eigenvalue weighted by molar-refractivity contribution is 0.243. The zero-order valence-electron chi connectivity index (χ0n) is 9.71. The van der Waals surface area contributed by atoms with E-state index < -0.39 is 9.52 Å². The third-order valence-electron chi connectivity index (χ3n) is 2.74. The number of rotatable bonds is 2. The van der Waals surface area contributed by atoms with Crippen molar-refractivity contribution in [3.05, 3.63) is 0 Å². The van der Waals surface area contributed by atoms with Gasteiger partial charge in [0, 0.05) is 24.6 Å². The average molecular weight is 217 g/mol. The molecule has 2 nitrogen and oxygen atoms in total. The van der Waals surface area contributed by atoms with E-state index in [2.05, 4.69) is 31.5 Å². The van der Waals surface area contributed by atoms with Gasteiger partial charge < -0.3 is 4.90 Å². The molecule has 0 radical (unpaired) electrons. The summed E-state index contributed by atoms with van der Waals surface area (Å²) in [6.45, 7) is 9.88. The molecule has 1 aliphatic rings. The first-order chi connectivity index (χ1) is 6.29. The molecule has 14 heavy (non-hydrogen) atoms. The van der Waals surface area contributed by atoms with Crippen LogP contribution in [0.3, 0.4) is 0 Å². The molecule has 1 rings (SSSR count). The van der Waals surface area contributed by atoms with Crippen LogP contribution < -0.4 is 0 Å². The maximum absolute atomic E-state index is 11.6. The topological polar surface area (TPSA) is 20.3 Å². The fourth-order valence-electron chi connectivity index (χ4n) is 1.52. The molecule has 0 aromatic heterocycles. The van der Waals surface area contributed by atoms with Crippen LogP contribution in [0.5, 0.6) is 0 Å². The first-order valence-electron chi connectivity index (χ1n) is 5.33. The van der Waals surface area contributed by atoms with E-state index in [1.807, 2.05) is 0 Å². The summed E-state index contributed by atoms with van der Waals surface area (Å²) in [6.07, 6.45) is 1.21. The largest absolute Gasteiger partial charge is 0.302 e. The van der Waals surface area contributed by atoms with E-state index in [1.165, 1.54) is 6.42 Å². The van der Waals surface area contributed by atoms with Crippen LogP contribution in [-0.4, -0.2) is 46.1 Å². The van der Waals surface area contributed by atoms with Crippen LogP contribution in [0.4, 0.5) is 0 Å². The Bertz CT molecular complexity index is 260. The summed E-state index contributed by atoms with van der Waals surface area (Å²) in [5, 5.41) is 0. The van der Waals surface area contributed by atoms with Crippen molar-refractivity contribution in [1.29, 1.82) is 0 Å². The van der Waals surface area contributed by atoms with Gasteiger partial charge in [0.15, 0.2) is 0 Å². The van der Waals surface area contributed by atoms with Gasteiger partial charge in [-0.05, 0) is 33.8 Å². The van der Waals surface area contributed by atoms with E-state index in [4.69, 9.17) is 0 Å². The monoisotopic (exact) mass is 217 g/mol. The van der Waals surface area contributed by atoms with Gasteiger partial charge in [0.25, 0.3) is 0 Å². The minimum absolute atomic E-state index is 0.406. The van der Waals surface area contributed by atoms with Gasteiger partial charge >= 0.3 is 0 Å². The molecule has 1 saturated heterocycles. The first-order valence-corrected chi connectivity index (χ1v) is 7.40. The SMILES string of the molecule is C=S1(=O)CCN(CCC(C)(C)C)CC1. The maximum atomic E-state index is 11.6. The minimum atomic E-state index is -1.71. The van der Waals surface area contributed by atoms with Crippen LogP contribution in [-0.2, 0) is 9.52 Å². The van der Waals surface area contributed by atoms with Gasteiger partial charge in [-0.2, -0.15) is 0 Å². The van der Waals surface area contributed by atoms with Crippen LogP contribution in [0.15, 0.2) is 0 Å². The highest BCUT2D eigenvalue weighted by Crippen LogP contribution is 2.19. The molecule has 0 atom stereocenters. The van der Waals surface area contributed by atoms with Crippen LogP contribution in [0.2, 0.25) is 0 Å². The van der Waals surface area contributed by atoms with Crippen molar-refractivity contribution < 1.29 is 4.21 Å². The molecule has 1 fully saturated rings. The summed E-state index contributed by atoms with van der Waals surface area (Å²) in [6, 6.07) is 0. The number of hydrogen-bond acceptors (Lipinski definition) is 2. The molecular formula is C11H23NOS. The van der Waals surface area contributed by atoms with Crippen molar-refractivity contribution in [3.8, 4) is 0 Å². The molecular weight excluding hydrogens is 194 g/mol. The van der Waals surface area contributed by atoms with Gasteiger partial charge in [0.1, 0.15) is 0 Å². The highest BCUT2D eigenvalue weighted by Gasteiger charge is 2.19. The predicted molar refractivity (Wildman–Crippen MR) is 65.5 cm³/mol. The second-order valence-corrected chi connectivity index (χ2v) is 8.27. The smallest absolute Gasteiger partial charge is 0.0287 e. The Morgan fingerprint density at radius 1 is 1.29 bits per heavy atom. The van der Waals surface area contributed by atoms with Crippen LogP contribution in [0.1, 0.15) is 27.2 Å². The lowest BCUT2D eigenvalue weighted by Crippen LogP contribution is -2.41. The van der Waals surface area contributed by atoms with E-state index in [0.717, 1.165) is 31.1 Å². The summed E-state index contributed by atoms with van der Waals surface area (Å²) in [5.74, 6) is 5.35. The molecule has 0 aromatic rings. The van der Waals surface area contributed by atoms with Crippen LogP contribution in [0, 0.1) is 5.41 Å². The fourth-order valence-corrected chi connectivity index (χ4v) is 2.91. The molecule has 1 aliphatic heterocycles. The van der Waals surface area contributed by atoms with E-state index >= 15 is 0 Å².